The van der Waals surface area contributed by atoms with Crippen LogP contribution in [0, 0.1) is 0 Å². The molecule has 0 saturated heterocycles. The van der Waals surface area contributed by atoms with Crippen molar-refractivity contribution in [2.45, 2.75) is 31.7 Å². The summed E-state index contributed by atoms with van der Waals surface area (Å²) in [6.45, 7) is 1.02. The zero-order valence-corrected chi connectivity index (χ0v) is 15.6. The molecule has 8 nitrogen and oxygen atoms in total. The Morgan fingerprint density at radius 1 is 1.27 bits per heavy atom. The van der Waals surface area contributed by atoms with E-state index in [1.54, 1.807) is 17.0 Å². The van der Waals surface area contributed by atoms with Crippen molar-refractivity contribution < 1.29 is 22.0 Å². The zero-order valence-electron chi connectivity index (χ0n) is 15.6. The number of anilines is 1. The highest BCUT2D eigenvalue weighted by molar-refractivity contribution is 5.53. The average Bonchev–Trinajstić information content (AvgIpc) is 3.43. The number of aromatic amines is 1. The molecule has 4 aromatic rings. The van der Waals surface area contributed by atoms with E-state index in [9.17, 15) is 17.6 Å². The molecule has 1 N–H and O–H groups in total. The number of halogens is 4. The third-order valence-electron chi connectivity index (χ3n) is 5.00. The van der Waals surface area contributed by atoms with E-state index in [0.29, 0.717) is 36.8 Å². The van der Waals surface area contributed by atoms with Crippen molar-refractivity contribution in [1.82, 2.24) is 29.8 Å². The Balaban J connectivity index is 1.64. The predicted octanol–water partition coefficient (Wildman–Crippen LogP) is 3.64. The fourth-order valence-electron chi connectivity index (χ4n) is 3.65. The Morgan fingerprint density at radius 3 is 2.83 bits per heavy atom. The Hall–Kier alpha value is -3.44. The Kier molecular flexibility index (Phi) is 4.05. The van der Waals surface area contributed by atoms with Crippen LogP contribution < -0.4 is 4.90 Å². The van der Waals surface area contributed by atoms with Gasteiger partial charge < -0.3 is 14.3 Å². The van der Waals surface area contributed by atoms with E-state index in [1.807, 2.05) is 0 Å². The molecular weight excluding hydrogens is 406 g/mol. The summed E-state index contributed by atoms with van der Waals surface area (Å²) in [6.07, 6.45) is -0.668. The predicted molar refractivity (Wildman–Crippen MR) is 95.5 cm³/mol. The van der Waals surface area contributed by atoms with Crippen LogP contribution in [0.25, 0.3) is 5.52 Å². The number of nitrogens with one attached hydrogen (secondary N) is 1. The number of imidazole rings is 1. The highest BCUT2D eigenvalue weighted by atomic mass is 19.3. The van der Waals surface area contributed by atoms with Crippen LogP contribution in [0.5, 0.6) is 0 Å². The molecule has 0 bridgehead atoms. The maximum atomic E-state index is 13.6. The highest BCUT2D eigenvalue weighted by Gasteiger charge is 2.38. The number of fused-ring (bicyclic) bond motifs is 2. The van der Waals surface area contributed by atoms with Crippen LogP contribution in [-0.2, 0) is 12.3 Å². The molecule has 1 atom stereocenters. The maximum absolute atomic E-state index is 13.6. The van der Waals surface area contributed by atoms with Crippen LogP contribution in [-0.4, -0.2) is 36.3 Å². The number of alkyl halides is 4. The van der Waals surface area contributed by atoms with Crippen molar-refractivity contribution in [3.05, 3.63) is 59.3 Å². The van der Waals surface area contributed by atoms with Gasteiger partial charge in [0.15, 0.2) is 0 Å². The summed E-state index contributed by atoms with van der Waals surface area (Å²) in [5.41, 5.74) is 2.04. The van der Waals surface area contributed by atoms with E-state index in [-0.39, 0.29) is 11.7 Å². The molecule has 0 fully saturated rings. The summed E-state index contributed by atoms with van der Waals surface area (Å²) in [6, 6.07) is 5.33. The minimum absolute atomic E-state index is 0.115. The topological polar surface area (TPSA) is 88.1 Å². The number of H-pyrrole nitrogens is 1. The van der Waals surface area contributed by atoms with E-state index in [1.165, 1.54) is 23.0 Å². The van der Waals surface area contributed by atoms with E-state index >= 15 is 0 Å². The molecule has 0 unspecified atom stereocenters. The van der Waals surface area contributed by atoms with Gasteiger partial charge in [0, 0.05) is 25.6 Å². The van der Waals surface area contributed by atoms with Gasteiger partial charge in [-0.15, -0.1) is 5.10 Å². The standard InChI is InChI=1S/C18H15F4N7O/c1-18(21,22)16-25-26-17(30-16)28-6-5-10-13(24-8-23-10)14(28)11-7-9-3-2-4-12(15(19)20)29(9)27-11/h2-4,7-8,14-15H,5-6H2,1H3,(H,23,24)/t14-/m0/s1. The SMILES string of the molecule is CC(F)(F)c1nnc(N2CCc3[nH]cnc3[C@@H]2c2cc3cccc(C(F)F)n3n2)o1. The largest absolute Gasteiger partial charge is 0.401 e. The summed E-state index contributed by atoms with van der Waals surface area (Å²) in [5.74, 6) is -4.09. The van der Waals surface area contributed by atoms with Gasteiger partial charge in [0.25, 0.3) is 12.3 Å². The van der Waals surface area contributed by atoms with E-state index in [4.69, 9.17) is 4.42 Å². The smallest absolute Gasteiger partial charge is 0.321 e. The molecule has 0 aromatic carbocycles. The Labute approximate surface area is 166 Å². The van der Waals surface area contributed by atoms with Gasteiger partial charge in [-0.25, -0.2) is 18.3 Å². The van der Waals surface area contributed by atoms with Gasteiger partial charge in [0.2, 0.25) is 0 Å². The first kappa shape index (κ1) is 18.6. The van der Waals surface area contributed by atoms with Crippen molar-refractivity contribution in [2.24, 2.45) is 0 Å². The summed E-state index contributed by atoms with van der Waals surface area (Å²) in [4.78, 5) is 8.99. The van der Waals surface area contributed by atoms with Crippen LogP contribution in [0.4, 0.5) is 23.6 Å². The molecule has 0 radical (unpaired) electrons. The molecule has 1 aliphatic rings. The normalized spacial score (nSPS) is 17.1. The third kappa shape index (κ3) is 2.90. The van der Waals surface area contributed by atoms with Crippen LogP contribution in [0.1, 0.15) is 48.1 Å². The summed E-state index contributed by atoms with van der Waals surface area (Å²) in [5, 5.41) is 11.6. The lowest BCUT2D eigenvalue weighted by molar-refractivity contribution is -0.0107. The number of hydrogen-bond acceptors (Lipinski definition) is 6. The maximum Gasteiger partial charge on any atom is 0.321 e. The fourth-order valence-corrected chi connectivity index (χ4v) is 3.65. The van der Waals surface area contributed by atoms with Crippen molar-refractivity contribution in [3.8, 4) is 0 Å². The second kappa shape index (κ2) is 6.54. The number of aromatic nitrogens is 6. The number of hydrogen-bond donors (Lipinski definition) is 1. The Morgan fingerprint density at radius 2 is 2.10 bits per heavy atom. The lowest BCUT2D eigenvalue weighted by Gasteiger charge is -2.32. The summed E-state index contributed by atoms with van der Waals surface area (Å²) < 4.78 is 60.4. The number of rotatable bonds is 4. The molecular formula is C18H15F4N7O. The van der Waals surface area contributed by atoms with E-state index in [0.717, 1.165) is 5.69 Å². The monoisotopic (exact) mass is 421 g/mol. The minimum atomic E-state index is -3.29. The highest BCUT2D eigenvalue weighted by Crippen LogP contribution is 2.38. The minimum Gasteiger partial charge on any atom is -0.401 e. The molecule has 0 spiro atoms. The van der Waals surface area contributed by atoms with E-state index in [2.05, 4.69) is 25.3 Å². The fraction of sp³-hybridized carbons (Fsp3) is 0.333. The lowest BCUT2D eigenvalue weighted by atomic mass is 10.0. The second-order valence-corrected chi connectivity index (χ2v) is 7.05. The zero-order chi connectivity index (χ0) is 21.0. The van der Waals surface area contributed by atoms with Crippen LogP contribution in [0.3, 0.4) is 0 Å². The van der Waals surface area contributed by atoms with Crippen molar-refractivity contribution >= 4 is 11.5 Å². The molecule has 0 aliphatic carbocycles. The molecule has 5 rings (SSSR count). The van der Waals surface area contributed by atoms with Gasteiger partial charge in [-0.2, -0.15) is 13.9 Å². The Bertz CT molecular complexity index is 1210. The molecule has 5 heterocycles. The first-order valence-corrected chi connectivity index (χ1v) is 9.10. The quantitative estimate of drug-likeness (QED) is 0.506. The third-order valence-corrected chi connectivity index (χ3v) is 5.00. The molecule has 12 heteroatoms. The van der Waals surface area contributed by atoms with Gasteiger partial charge in [-0.1, -0.05) is 11.2 Å². The second-order valence-electron chi connectivity index (χ2n) is 7.05. The van der Waals surface area contributed by atoms with Gasteiger partial charge in [0.05, 0.1) is 23.2 Å². The number of nitrogens with zero attached hydrogens (tertiary/aromatic N) is 6. The lowest BCUT2D eigenvalue weighted by Crippen LogP contribution is -2.37. The molecule has 156 valence electrons. The molecule has 4 aromatic heterocycles. The summed E-state index contributed by atoms with van der Waals surface area (Å²) in [7, 11) is 0. The van der Waals surface area contributed by atoms with Crippen molar-refractivity contribution in [2.75, 3.05) is 11.4 Å². The van der Waals surface area contributed by atoms with E-state index < -0.39 is 24.3 Å². The van der Waals surface area contributed by atoms with Gasteiger partial charge >= 0.3 is 11.9 Å². The number of pyridine rings is 1. The molecule has 1 aliphatic heterocycles. The molecule has 0 amide bonds. The van der Waals surface area contributed by atoms with Crippen LogP contribution in [0.2, 0.25) is 0 Å². The van der Waals surface area contributed by atoms with Gasteiger partial charge in [0.1, 0.15) is 11.7 Å². The first-order valence-electron chi connectivity index (χ1n) is 9.10. The first-order chi connectivity index (χ1) is 14.3. The van der Waals surface area contributed by atoms with Crippen LogP contribution in [0.15, 0.2) is 35.0 Å². The molecule has 30 heavy (non-hydrogen) atoms. The van der Waals surface area contributed by atoms with Crippen molar-refractivity contribution in [3.63, 3.8) is 0 Å². The van der Waals surface area contributed by atoms with Crippen molar-refractivity contribution in [1.29, 1.82) is 0 Å². The van der Waals surface area contributed by atoms with Gasteiger partial charge in [-0.05, 0) is 18.2 Å². The molecule has 0 saturated carbocycles. The average molecular weight is 421 g/mol. The van der Waals surface area contributed by atoms with Crippen LogP contribution >= 0.6 is 0 Å². The van der Waals surface area contributed by atoms with Gasteiger partial charge in [-0.3, -0.25) is 0 Å². The summed E-state index contributed by atoms with van der Waals surface area (Å²) >= 11 is 0.